The molecule has 0 aliphatic carbocycles. The van der Waals surface area contributed by atoms with Crippen LogP contribution < -0.4 is 11.2 Å². The van der Waals surface area contributed by atoms with Gasteiger partial charge in [-0.3, -0.25) is 23.4 Å². The van der Waals surface area contributed by atoms with Crippen molar-refractivity contribution in [2.24, 2.45) is 0 Å². The predicted molar refractivity (Wildman–Crippen MR) is 101 cm³/mol. The smallest absolute Gasteiger partial charge is 0.390 e. The molecule has 2 aliphatic rings. The van der Waals surface area contributed by atoms with Crippen LogP contribution in [0.15, 0.2) is 15.8 Å². The van der Waals surface area contributed by atoms with Crippen molar-refractivity contribution < 1.29 is 53.5 Å². The first-order valence-electron chi connectivity index (χ1n) is 9.55. The molecule has 7 N–H and O–H groups in total. The molecule has 0 spiro atoms. The molecular formula is C16H25N2O13P. The summed E-state index contributed by atoms with van der Waals surface area (Å²) in [5, 5.41) is 48.5. The summed E-state index contributed by atoms with van der Waals surface area (Å²) in [6.07, 6.45) is -10.6. The topological polar surface area (TPSA) is 230 Å². The molecule has 0 amide bonds. The molecule has 16 heteroatoms. The predicted octanol–water partition coefficient (Wildman–Crippen LogP) is -3.57. The van der Waals surface area contributed by atoms with Gasteiger partial charge in [-0.15, -0.1) is 0 Å². The number of aromatic amines is 1. The van der Waals surface area contributed by atoms with Crippen LogP contribution in [-0.4, -0.2) is 96.1 Å². The van der Waals surface area contributed by atoms with E-state index in [1.807, 2.05) is 0 Å². The van der Waals surface area contributed by atoms with Crippen LogP contribution in [0.4, 0.5) is 0 Å². The van der Waals surface area contributed by atoms with Crippen LogP contribution in [0.5, 0.6) is 0 Å². The van der Waals surface area contributed by atoms with Crippen molar-refractivity contribution in [2.45, 2.75) is 62.5 Å². The highest BCUT2D eigenvalue weighted by Crippen LogP contribution is 2.45. The highest BCUT2D eigenvalue weighted by molar-refractivity contribution is 7.47. The SMILES string of the molecule is Cc1cn([C@H]2C[C@H](O)[C@@H](COP(=O)(O)OC[C@H]3OC(O)[C@@H](O)[C@@H](O)[C@@H]3O)O2)c(=O)[nH]c1=O. The minimum atomic E-state index is -4.76. The molecule has 9 atom stereocenters. The highest BCUT2D eigenvalue weighted by atomic mass is 31.2. The number of aryl methyl sites for hydroxylation is 1. The number of aromatic nitrogens is 2. The molecule has 0 saturated carbocycles. The molecule has 0 radical (unpaired) electrons. The summed E-state index contributed by atoms with van der Waals surface area (Å²) in [5.41, 5.74) is -1.08. The molecule has 182 valence electrons. The lowest BCUT2D eigenvalue weighted by Gasteiger charge is -2.38. The zero-order chi connectivity index (χ0) is 23.8. The minimum absolute atomic E-state index is 0.0593. The summed E-state index contributed by atoms with van der Waals surface area (Å²) in [6.45, 7) is 0.0882. The van der Waals surface area contributed by atoms with E-state index >= 15 is 0 Å². The zero-order valence-corrected chi connectivity index (χ0v) is 17.6. The molecule has 32 heavy (non-hydrogen) atoms. The molecule has 2 unspecified atom stereocenters. The van der Waals surface area contributed by atoms with Crippen LogP contribution in [0, 0.1) is 6.92 Å². The van der Waals surface area contributed by atoms with Crippen molar-refractivity contribution >= 4 is 7.82 Å². The van der Waals surface area contributed by atoms with E-state index in [0.717, 1.165) is 4.57 Å². The van der Waals surface area contributed by atoms with Gasteiger partial charge in [-0.25, -0.2) is 9.36 Å². The second kappa shape index (κ2) is 9.79. The number of phosphoric ester groups is 1. The normalized spacial score (nSPS) is 37.3. The van der Waals surface area contributed by atoms with Gasteiger partial charge in [-0.05, 0) is 6.92 Å². The van der Waals surface area contributed by atoms with Crippen molar-refractivity contribution in [2.75, 3.05) is 13.2 Å². The Morgan fingerprint density at radius 2 is 1.69 bits per heavy atom. The first-order valence-corrected chi connectivity index (χ1v) is 11.0. The molecule has 15 nitrogen and oxygen atoms in total. The van der Waals surface area contributed by atoms with Gasteiger partial charge in [0.1, 0.15) is 36.7 Å². The number of hydrogen-bond acceptors (Lipinski definition) is 12. The van der Waals surface area contributed by atoms with E-state index in [4.69, 9.17) is 18.5 Å². The van der Waals surface area contributed by atoms with Crippen LogP contribution in [0.25, 0.3) is 0 Å². The fraction of sp³-hybridized carbons (Fsp3) is 0.750. The van der Waals surface area contributed by atoms with Crippen LogP contribution in [0.1, 0.15) is 18.2 Å². The van der Waals surface area contributed by atoms with E-state index in [9.17, 15) is 44.6 Å². The van der Waals surface area contributed by atoms with Crippen molar-refractivity contribution in [1.29, 1.82) is 0 Å². The third-order valence-corrected chi connectivity index (χ3v) is 6.10. The standard InChI is InChI=1S/C16H25N2O13P/c1-6-3-18(16(25)17-14(6)23)10-2-7(19)8(30-10)4-28-32(26,27)29-5-9-11(20)12(21)13(22)15(24)31-9/h3,7-13,15,19-22,24H,2,4-5H2,1H3,(H,26,27)(H,17,23,25)/t7-,8+,9+,10+,11+,12-,13-,15?/m0/s1. The van der Waals surface area contributed by atoms with Gasteiger partial charge in [0.25, 0.3) is 5.56 Å². The molecule has 3 rings (SSSR count). The third kappa shape index (κ3) is 5.52. The van der Waals surface area contributed by atoms with Gasteiger partial charge in [0.05, 0.1) is 19.3 Å². The lowest BCUT2D eigenvalue weighted by atomic mass is 10.00. The maximum absolute atomic E-state index is 12.1. The monoisotopic (exact) mass is 484 g/mol. The quantitative estimate of drug-likeness (QED) is 0.186. The van der Waals surface area contributed by atoms with Crippen molar-refractivity contribution in [3.8, 4) is 0 Å². The van der Waals surface area contributed by atoms with E-state index in [1.165, 1.54) is 13.1 Å². The van der Waals surface area contributed by atoms with Crippen LogP contribution in [-0.2, 0) is 23.1 Å². The number of rotatable bonds is 7. The second-order valence-electron chi connectivity index (χ2n) is 7.51. The maximum atomic E-state index is 12.1. The second-order valence-corrected chi connectivity index (χ2v) is 8.96. The first kappa shape index (κ1) is 25.1. The van der Waals surface area contributed by atoms with Gasteiger partial charge in [0.2, 0.25) is 0 Å². The molecule has 3 heterocycles. The van der Waals surface area contributed by atoms with Gasteiger partial charge in [-0.2, -0.15) is 0 Å². The van der Waals surface area contributed by atoms with Crippen molar-refractivity contribution in [1.82, 2.24) is 9.55 Å². The summed E-state index contributed by atoms with van der Waals surface area (Å²) < 4.78 is 33.0. The lowest BCUT2D eigenvalue weighted by molar-refractivity contribution is -0.285. The number of nitrogens with one attached hydrogen (secondary N) is 1. The number of hydrogen-bond donors (Lipinski definition) is 7. The van der Waals surface area contributed by atoms with Crippen LogP contribution >= 0.6 is 7.82 Å². The fourth-order valence-electron chi connectivity index (χ4n) is 3.28. The summed E-state index contributed by atoms with van der Waals surface area (Å²) in [4.78, 5) is 35.4. The van der Waals surface area contributed by atoms with Gasteiger partial charge in [0, 0.05) is 18.2 Å². The zero-order valence-electron chi connectivity index (χ0n) is 16.8. The third-order valence-electron chi connectivity index (χ3n) is 5.15. The van der Waals surface area contributed by atoms with Crippen LogP contribution in [0.3, 0.4) is 0 Å². The van der Waals surface area contributed by atoms with Gasteiger partial charge >= 0.3 is 13.5 Å². The van der Waals surface area contributed by atoms with Gasteiger partial charge < -0.3 is 39.9 Å². The molecule has 0 bridgehead atoms. The van der Waals surface area contributed by atoms with E-state index < -0.39 is 81.4 Å². The Bertz CT molecular complexity index is 966. The Morgan fingerprint density at radius 3 is 2.34 bits per heavy atom. The maximum Gasteiger partial charge on any atom is 0.472 e. The number of aliphatic hydroxyl groups excluding tert-OH is 5. The average Bonchev–Trinajstić information content (AvgIpc) is 3.09. The Hall–Kier alpha value is -1.49. The minimum Gasteiger partial charge on any atom is -0.390 e. The molecule has 2 aliphatic heterocycles. The summed E-state index contributed by atoms with van der Waals surface area (Å²) >= 11 is 0. The number of ether oxygens (including phenoxy) is 2. The molecule has 2 saturated heterocycles. The van der Waals surface area contributed by atoms with Crippen molar-refractivity contribution in [3.63, 3.8) is 0 Å². The van der Waals surface area contributed by atoms with E-state index in [0.29, 0.717) is 0 Å². The molecule has 2 fully saturated rings. The summed E-state index contributed by atoms with van der Waals surface area (Å²) in [6, 6.07) is 0. The Labute approximate surface area is 180 Å². The molecular weight excluding hydrogens is 459 g/mol. The molecule has 1 aromatic heterocycles. The highest BCUT2D eigenvalue weighted by Gasteiger charge is 2.44. The Kier molecular flexibility index (Phi) is 7.69. The fourth-order valence-corrected chi connectivity index (χ4v) is 4.02. The summed E-state index contributed by atoms with van der Waals surface area (Å²) in [7, 11) is -4.76. The Morgan fingerprint density at radius 1 is 1.06 bits per heavy atom. The summed E-state index contributed by atoms with van der Waals surface area (Å²) in [5.74, 6) is 0. The number of nitrogens with zero attached hydrogens (tertiary/aromatic N) is 1. The number of aliphatic hydroxyl groups is 5. The van der Waals surface area contributed by atoms with Crippen molar-refractivity contribution in [3.05, 3.63) is 32.6 Å². The first-order chi connectivity index (χ1) is 14.9. The number of H-pyrrole nitrogens is 1. The van der Waals surface area contributed by atoms with Gasteiger partial charge in [0.15, 0.2) is 6.29 Å². The average molecular weight is 484 g/mol. The Balaban J connectivity index is 1.54. The molecule has 1 aromatic rings. The van der Waals surface area contributed by atoms with E-state index in [2.05, 4.69) is 4.98 Å². The lowest BCUT2D eigenvalue weighted by Crippen LogP contribution is -2.58. The number of phosphoric acid groups is 1. The van der Waals surface area contributed by atoms with E-state index in [-0.39, 0.29) is 12.0 Å². The van der Waals surface area contributed by atoms with Crippen LogP contribution in [0.2, 0.25) is 0 Å². The molecule has 0 aromatic carbocycles. The van der Waals surface area contributed by atoms with Gasteiger partial charge in [-0.1, -0.05) is 0 Å². The van der Waals surface area contributed by atoms with E-state index in [1.54, 1.807) is 0 Å². The largest absolute Gasteiger partial charge is 0.472 e.